The third-order valence-corrected chi connectivity index (χ3v) is 1.13. The van der Waals surface area contributed by atoms with Gasteiger partial charge in [-0.05, 0) is 6.42 Å². The number of hydrogen-bond acceptors (Lipinski definition) is 3. The molecule has 0 bridgehead atoms. The molecule has 54 valence electrons. The van der Waals surface area contributed by atoms with Crippen molar-refractivity contribution in [1.82, 2.24) is 0 Å². The van der Waals surface area contributed by atoms with Crippen LogP contribution in [0.15, 0.2) is 0 Å². The maximum atomic E-state index is 9.97. The highest BCUT2D eigenvalue weighted by Crippen LogP contribution is 1.93. The number of aliphatic hydroxyl groups is 1. The summed E-state index contributed by atoms with van der Waals surface area (Å²) in [6, 6.07) is -0.650. The zero-order valence-electron chi connectivity index (χ0n) is 5.24. The molecule has 2 atom stereocenters. The lowest BCUT2D eigenvalue weighted by molar-refractivity contribution is -0.147. The van der Waals surface area contributed by atoms with Crippen LogP contribution in [0.25, 0.3) is 0 Å². The SMILES string of the molecule is CC[C@H](N)C(O)C(=O)O. The lowest BCUT2D eigenvalue weighted by Gasteiger charge is -2.11. The molecule has 0 aliphatic heterocycles. The van der Waals surface area contributed by atoms with Gasteiger partial charge in [0, 0.05) is 6.04 Å². The fourth-order valence-corrected chi connectivity index (χ4v) is 0.406. The number of hydrogen-bond donors (Lipinski definition) is 3. The summed E-state index contributed by atoms with van der Waals surface area (Å²) >= 11 is 0. The molecule has 0 radical (unpaired) electrons. The van der Waals surface area contributed by atoms with E-state index in [4.69, 9.17) is 15.9 Å². The molecule has 0 amide bonds. The van der Waals surface area contributed by atoms with E-state index in [0.29, 0.717) is 6.42 Å². The van der Waals surface area contributed by atoms with Crippen LogP contribution in [0.5, 0.6) is 0 Å². The van der Waals surface area contributed by atoms with E-state index in [-0.39, 0.29) is 0 Å². The fourth-order valence-electron chi connectivity index (χ4n) is 0.406. The minimum Gasteiger partial charge on any atom is -0.479 e. The van der Waals surface area contributed by atoms with Gasteiger partial charge in [-0.1, -0.05) is 6.92 Å². The molecule has 0 heterocycles. The molecule has 4 nitrogen and oxygen atoms in total. The zero-order chi connectivity index (χ0) is 7.44. The molecule has 0 aromatic rings. The van der Waals surface area contributed by atoms with Crippen LogP contribution >= 0.6 is 0 Å². The lowest BCUT2D eigenvalue weighted by atomic mass is 10.1. The Morgan fingerprint density at radius 1 is 1.78 bits per heavy atom. The summed E-state index contributed by atoms with van der Waals surface area (Å²) in [6.07, 6.45) is -0.956. The van der Waals surface area contributed by atoms with Gasteiger partial charge < -0.3 is 15.9 Å². The van der Waals surface area contributed by atoms with Gasteiger partial charge in [-0.2, -0.15) is 0 Å². The Bertz CT molecular complexity index is 104. The van der Waals surface area contributed by atoms with Crippen molar-refractivity contribution < 1.29 is 15.0 Å². The van der Waals surface area contributed by atoms with Crippen LogP contribution in [0.2, 0.25) is 0 Å². The molecule has 1 unspecified atom stereocenters. The summed E-state index contributed by atoms with van der Waals surface area (Å²) in [4.78, 5) is 9.97. The maximum Gasteiger partial charge on any atom is 0.334 e. The molecule has 4 N–H and O–H groups in total. The first-order valence-corrected chi connectivity index (χ1v) is 2.76. The molecule has 4 heteroatoms. The number of carboxylic acids is 1. The van der Waals surface area contributed by atoms with Crippen molar-refractivity contribution in [1.29, 1.82) is 0 Å². The van der Waals surface area contributed by atoms with E-state index >= 15 is 0 Å². The van der Waals surface area contributed by atoms with Crippen molar-refractivity contribution in [2.75, 3.05) is 0 Å². The van der Waals surface area contributed by atoms with Crippen LogP contribution in [-0.2, 0) is 4.79 Å². The van der Waals surface area contributed by atoms with Gasteiger partial charge in [0.25, 0.3) is 0 Å². The second kappa shape index (κ2) is 3.42. The highest BCUT2D eigenvalue weighted by molar-refractivity contribution is 5.72. The third kappa shape index (κ3) is 2.43. The van der Waals surface area contributed by atoms with Gasteiger partial charge in [0.15, 0.2) is 6.10 Å². The van der Waals surface area contributed by atoms with Gasteiger partial charge >= 0.3 is 5.97 Å². The summed E-state index contributed by atoms with van der Waals surface area (Å²) in [6.45, 7) is 1.72. The molecule has 0 saturated carbocycles. The first-order chi connectivity index (χ1) is 4.09. The largest absolute Gasteiger partial charge is 0.479 e. The first kappa shape index (κ1) is 8.39. The van der Waals surface area contributed by atoms with Gasteiger partial charge in [-0.3, -0.25) is 0 Å². The lowest BCUT2D eigenvalue weighted by Crippen LogP contribution is -2.39. The monoisotopic (exact) mass is 133 g/mol. The van der Waals surface area contributed by atoms with Crippen molar-refractivity contribution in [2.45, 2.75) is 25.5 Å². The second-order valence-electron chi connectivity index (χ2n) is 1.86. The summed E-state index contributed by atoms with van der Waals surface area (Å²) in [5.74, 6) is -1.26. The average molecular weight is 133 g/mol. The predicted molar refractivity (Wildman–Crippen MR) is 31.9 cm³/mol. The van der Waals surface area contributed by atoms with Gasteiger partial charge in [-0.15, -0.1) is 0 Å². The van der Waals surface area contributed by atoms with Crippen molar-refractivity contribution in [3.63, 3.8) is 0 Å². The number of carboxylic acid groups (broad SMARTS) is 1. The standard InChI is InChI=1S/C5H11NO3/c1-2-3(6)4(7)5(8)9/h3-4,7H,2,6H2,1H3,(H,8,9)/t3-,4?/m0/s1. The van der Waals surface area contributed by atoms with Gasteiger partial charge in [0.05, 0.1) is 0 Å². The van der Waals surface area contributed by atoms with Crippen molar-refractivity contribution in [3.05, 3.63) is 0 Å². The van der Waals surface area contributed by atoms with Crippen LogP contribution in [0.1, 0.15) is 13.3 Å². The van der Waals surface area contributed by atoms with E-state index in [1.165, 1.54) is 0 Å². The highest BCUT2D eigenvalue weighted by atomic mass is 16.4. The van der Waals surface area contributed by atoms with E-state index in [1.807, 2.05) is 0 Å². The predicted octanol–water partition coefficient (Wildman–Crippen LogP) is -0.831. The molecule has 0 fully saturated rings. The molecule has 0 rings (SSSR count). The summed E-state index contributed by atoms with van der Waals surface area (Å²) in [7, 11) is 0. The highest BCUT2D eigenvalue weighted by Gasteiger charge is 2.19. The van der Waals surface area contributed by atoms with Gasteiger partial charge in [-0.25, -0.2) is 4.79 Å². The zero-order valence-corrected chi connectivity index (χ0v) is 5.24. The number of rotatable bonds is 3. The van der Waals surface area contributed by atoms with Crippen LogP contribution < -0.4 is 5.73 Å². The van der Waals surface area contributed by atoms with E-state index in [1.54, 1.807) is 6.92 Å². The van der Waals surface area contributed by atoms with Gasteiger partial charge in [0.2, 0.25) is 0 Å². The Hall–Kier alpha value is -0.610. The summed E-state index contributed by atoms with van der Waals surface area (Å²) in [5.41, 5.74) is 5.19. The Labute approximate surface area is 53.3 Å². The molecular weight excluding hydrogens is 122 g/mol. The average Bonchev–Trinajstić information content (AvgIpc) is 1.84. The Morgan fingerprint density at radius 3 is 2.33 bits per heavy atom. The van der Waals surface area contributed by atoms with E-state index in [0.717, 1.165) is 0 Å². The number of aliphatic hydroxyl groups excluding tert-OH is 1. The minimum absolute atomic E-state index is 0.466. The number of carbonyl (C=O) groups is 1. The molecule has 0 saturated heterocycles. The minimum atomic E-state index is -1.42. The Balaban J connectivity index is 3.72. The van der Waals surface area contributed by atoms with E-state index in [2.05, 4.69) is 0 Å². The fraction of sp³-hybridized carbons (Fsp3) is 0.800. The molecule has 0 spiro atoms. The quantitative estimate of drug-likeness (QED) is 0.469. The van der Waals surface area contributed by atoms with Crippen molar-refractivity contribution >= 4 is 5.97 Å². The number of aliphatic carboxylic acids is 1. The van der Waals surface area contributed by atoms with Gasteiger partial charge in [0.1, 0.15) is 0 Å². The second-order valence-corrected chi connectivity index (χ2v) is 1.86. The number of nitrogens with two attached hydrogens (primary N) is 1. The summed E-state index contributed by atoms with van der Waals surface area (Å²) in [5, 5.41) is 16.8. The first-order valence-electron chi connectivity index (χ1n) is 2.76. The third-order valence-electron chi connectivity index (χ3n) is 1.13. The molecule has 0 aromatic carbocycles. The molecule has 0 aliphatic rings. The van der Waals surface area contributed by atoms with E-state index < -0.39 is 18.1 Å². The van der Waals surface area contributed by atoms with Crippen LogP contribution in [0.4, 0.5) is 0 Å². The molecular formula is C5H11NO3. The van der Waals surface area contributed by atoms with Crippen LogP contribution in [0.3, 0.4) is 0 Å². The molecule has 9 heavy (non-hydrogen) atoms. The summed E-state index contributed by atoms with van der Waals surface area (Å²) < 4.78 is 0. The maximum absolute atomic E-state index is 9.97. The Kier molecular flexibility index (Phi) is 3.19. The van der Waals surface area contributed by atoms with E-state index in [9.17, 15) is 4.79 Å². The Morgan fingerprint density at radius 2 is 2.22 bits per heavy atom. The van der Waals surface area contributed by atoms with Crippen LogP contribution in [-0.4, -0.2) is 28.3 Å². The van der Waals surface area contributed by atoms with Crippen molar-refractivity contribution in [3.8, 4) is 0 Å². The van der Waals surface area contributed by atoms with Crippen LogP contribution in [0, 0.1) is 0 Å². The van der Waals surface area contributed by atoms with Crippen molar-refractivity contribution in [2.24, 2.45) is 5.73 Å². The normalized spacial score (nSPS) is 16.8. The topological polar surface area (TPSA) is 83.5 Å². The molecule has 0 aromatic heterocycles. The smallest absolute Gasteiger partial charge is 0.334 e. The molecule has 0 aliphatic carbocycles.